The molecule has 8 unspecified atom stereocenters. The molecule has 0 amide bonds. The summed E-state index contributed by atoms with van der Waals surface area (Å²) in [4.78, 5) is 0. The van der Waals surface area contributed by atoms with Gasteiger partial charge in [0, 0.05) is 0 Å². The largest absolute Gasteiger partial charge is 0.393 e. The van der Waals surface area contributed by atoms with E-state index in [0.29, 0.717) is 11.8 Å². The Morgan fingerprint density at radius 2 is 1.77 bits per heavy atom. The average molecular weight is 304 g/mol. The van der Waals surface area contributed by atoms with Crippen LogP contribution in [0.2, 0.25) is 0 Å². The predicted octanol–water partition coefficient (Wildman–Crippen LogP) is 3.92. The normalized spacial score (nSPS) is 57.6. The summed E-state index contributed by atoms with van der Waals surface area (Å²) in [7, 11) is 0. The van der Waals surface area contributed by atoms with Crippen LogP contribution in [-0.4, -0.2) is 22.4 Å². The first-order valence-electron chi connectivity index (χ1n) is 9.51. The quantitative estimate of drug-likeness (QED) is 0.721. The maximum absolute atomic E-state index is 10.5. The van der Waals surface area contributed by atoms with E-state index >= 15 is 0 Å². The molecule has 4 saturated carbocycles. The molecule has 0 aromatic carbocycles. The number of rotatable bonds is 1. The monoisotopic (exact) mass is 304 g/mol. The molecule has 0 aromatic rings. The zero-order valence-electron chi connectivity index (χ0n) is 14.0. The maximum Gasteiger partial charge on any atom is 0.0596 e. The SMILES string of the molecule is C=CC12CCC(O)CC1CCC1C3CCC(O)C3(C)CCC12. The average Bonchev–Trinajstić information content (AvgIpc) is 2.82. The Kier molecular flexibility index (Phi) is 3.51. The third-order valence-corrected chi connectivity index (χ3v) is 8.53. The lowest BCUT2D eigenvalue weighted by Gasteiger charge is -2.60. The van der Waals surface area contributed by atoms with Crippen molar-refractivity contribution >= 4 is 0 Å². The highest BCUT2D eigenvalue weighted by Gasteiger charge is 2.60. The Bertz CT molecular complexity index is 461. The molecule has 22 heavy (non-hydrogen) atoms. The second-order valence-corrected chi connectivity index (χ2v) is 9.03. The standard InChI is InChI=1S/C20H32O2/c1-3-20-11-8-14(21)12-13(20)4-5-15-16-6-7-18(22)19(16,2)10-9-17(15)20/h3,13-18,21-22H,1,4-12H2,2H3. The van der Waals surface area contributed by atoms with Crippen LogP contribution in [-0.2, 0) is 0 Å². The van der Waals surface area contributed by atoms with Gasteiger partial charge >= 0.3 is 0 Å². The molecular formula is C20H32O2. The number of aliphatic hydroxyl groups is 2. The molecule has 0 heterocycles. The summed E-state index contributed by atoms with van der Waals surface area (Å²) in [6.45, 7) is 6.61. The third-order valence-electron chi connectivity index (χ3n) is 8.53. The summed E-state index contributed by atoms with van der Waals surface area (Å²) in [5.41, 5.74) is 0.446. The van der Waals surface area contributed by atoms with Gasteiger partial charge in [-0.25, -0.2) is 0 Å². The second-order valence-electron chi connectivity index (χ2n) is 9.03. The molecule has 4 rings (SSSR count). The van der Waals surface area contributed by atoms with E-state index in [1.807, 2.05) is 0 Å². The van der Waals surface area contributed by atoms with Gasteiger partial charge in [0.05, 0.1) is 12.2 Å². The molecule has 8 atom stereocenters. The Balaban J connectivity index is 1.66. The van der Waals surface area contributed by atoms with E-state index in [4.69, 9.17) is 0 Å². The Hall–Kier alpha value is -0.340. The third kappa shape index (κ3) is 1.86. The first-order chi connectivity index (χ1) is 10.5. The minimum absolute atomic E-state index is 0.0796. The van der Waals surface area contributed by atoms with Crippen LogP contribution in [0.5, 0.6) is 0 Å². The predicted molar refractivity (Wildman–Crippen MR) is 88.3 cm³/mol. The van der Waals surface area contributed by atoms with E-state index in [2.05, 4.69) is 19.6 Å². The Morgan fingerprint density at radius 1 is 0.955 bits per heavy atom. The number of aliphatic hydroxyl groups excluding tert-OH is 2. The van der Waals surface area contributed by atoms with Crippen molar-refractivity contribution < 1.29 is 10.2 Å². The van der Waals surface area contributed by atoms with Crippen LogP contribution in [0.15, 0.2) is 12.7 Å². The van der Waals surface area contributed by atoms with Gasteiger partial charge in [-0.15, -0.1) is 6.58 Å². The molecule has 0 aromatic heterocycles. The highest BCUT2D eigenvalue weighted by molar-refractivity contribution is 5.15. The van der Waals surface area contributed by atoms with E-state index in [1.54, 1.807) is 0 Å². The second kappa shape index (κ2) is 5.08. The molecule has 4 aliphatic rings. The van der Waals surface area contributed by atoms with Crippen molar-refractivity contribution in [3.05, 3.63) is 12.7 Å². The van der Waals surface area contributed by atoms with Crippen molar-refractivity contribution in [3.63, 3.8) is 0 Å². The van der Waals surface area contributed by atoms with Gasteiger partial charge in [0.15, 0.2) is 0 Å². The lowest BCUT2D eigenvalue weighted by atomic mass is 9.44. The van der Waals surface area contributed by atoms with Gasteiger partial charge in [0.2, 0.25) is 0 Å². The van der Waals surface area contributed by atoms with Crippen molar-refractivity contribution in [3.8, 4) is 0 Å². The van der Waals surface area contributed by atoms with Crippen molar-refractivity contribution in [2.45, 2.75) is 76.9 Å². The molecule has 0 saturated heterocycles. The Morgan fingerprint density at radius 3 is 2.55 bits per heavy atom. The summed E-state index contributed by atoms with van der Waals surface area (Å²) in [6, 6.07) is 0. The summed E-state index contributed by atoms with van der Waals surface area (Å²) in [5, 5.41) is 20.6. The van der Waals surface area contributed by atoms with E-state index in [9.17, 15) is 10.2 Å². The first-order valence-corrected chi connectivity index (χ1v) is 9.51. The molecule has 2 heteroatoms. The van der Waals surface area contributed by atoms with Crippen molar-refractivity contribution in [1.29, 1.82) is 0 Å². The number of allylic oxidation sites excluding steroid dienone is 1. The zero-order chi connectivity index (χ0) is 15.5. The zero-order valence-corrected chi connectivity index (χ0v) is 14.0. The topological polar surface area (TPSA) is 40.5 Å². The smallest absolute Gasteiger partial charge is 0.0596 e. The van der Waals surface area contributed by atoms with E-state index in [0.717, 1.165) is 37.5 Å². The molecule has 0 radical (unpaired) electrons. The molecule has 0 bridgehead atoms. The van der Waals surface area contributed by atoms with Crippen LogP contribution < -0.4 is 0 Å². The van der Waals surface area contributed by atoms with Gasteiger partial charge in [-0.05, 0) is 92.3 Å². The number of hydrogen-bond acceptors (Lipinski definition) is 2. The van der Waals surface area contributed by atoms with E-state index in [1.165, 1.54) is 32.1 Å². The van der Waals surface area contributed by atoms with Crippen LogP contribution in [0.4, 0.5) is 0 Å². The van der Waals surface area contributed by atoms with E-state index < -0.39 is 0 Å². The van der Waals surface area contributed by atoms with Gasteiger partial charge in [-0.1, -0.05) is 13.0 Å². The molecule has 0 spiro atoms. The lowest BCUT2D eigenvalue weighted by molar-refractivity contribution is -0.121. The molecule has 4 aliphatic carbocycles. The summed E-state index contributed by atoms with van der Waals surface area (Å²) in [5.74, 6) is 2.89. The summed E-state index contributed by atoms with van der Waals surface area (Å²) < 4.78 is 0. The van der Waals surface area contributed by atoms with Crippen LogP contribution in [0, 0.1) is 34.5 Å². The van der Waals surface area contributed by atoms with Crippen LogP contribution in [0.1, 0.15) is 64.7 Å². The van der Waals surface area contributed by atoms with Gasteiger partial charge in [-0.3, -0.25) is 0 Å². The van der Waals surface area contributed by atoms with Crippen molar-refractivity contribution in [1.82, 2.24) is 0 Å². The highest BCUT2D eigenvalue weighted by Crippen LogP contribution is 2.66. The fourth-order valence-corrected chi connectivity index (χ4v) is 7.30. The van der Waals surface area contributed by atoms with Gasteiger partial charge in [0.1, 0.15) is 0 Å². The maximum atomic E-state index is 10.5. The minimum Gasteiger partial charge on any atom is -0.393 e. The molecule has 124 valence electrons. The number of hydrogen-bond donors (Lipinski definition) is 2. The Labute approximate surface area is 135 Å². The van der Waals surface area contributed by atoms with Crippen LogP contribution in [0.25, 0.3) is 0 Å². The fraction of sp³-hybridized carbons (Fsp3) is 0.900. The molecule has 0 aliphatic heterocycles. The summed E-state index contributed by atoms with van der Waals surface area (Å²) in [6.07, 6.45) is 12.4. The van der Waals surface area contributed by atoms with Gasteiger partial charge in [0.25, 0.3) is 0 Å². The summed E-state index contributed by atoms with van der Waals surface area (Å²) >= 11 is 0. The molecule has 4 fully saturated rings. The van der Waals surface area contributed by atoms with Crippen molar-refractivity contribution in [2.24, 2.45) is 34.5 Å². The number of fused-ring (bicyclic) bond motifs is 5. The van der Waals surface area contributed by atoms with E-state index in [-0.39, 0.29) is 23.0 Å². The minimum atomic E-state index is -0.0863. The fourth-order valence-electron chi connectivity index (χ4n) is 7.30. The van der Waals surface area contributed by atoms with Crippen LogP contribution in [0.3, 0.4) is 0 Å². The molecule has 2 nitrogen and oxygen atoms in total. The van der Waals surface area contributed by atoms with Gasteiger partial charge < -0.3 is 10.2 Å². The first kappa shape index (κ1) is 15.2. The highest BCUT2D eigenvalue weighted by atomic mass is 16.3. The lowest BCUT2D eigenvalue weighted by Crippen LogP contribution is -2.54. The van der Waals surface area contributed by atoms with Crippen LogP contribution >= 0.6 is 0 Å². The molecule has 2 N–H and O–H groups in total. The molecular weight excluding hydrogens is 272 g/mol. The van der Waals surface area contributed by atoms with Gasteiger partial charge in [-0.2, -0.15) is 0 Å². The van der Waals surface area contributed by atoms with Crippen molar-refractivity contribution in [2.75, 3.05) is 0 Å².